The van der Waals surface area contributed by atoms with Crippen LogP contribution in [0.15, 0.2) is 66.7 Å². The average Bonchev–Trinajstić information content (AvgIpc) is 3.00. The number of nitrogens with zero attached hydrogens (tertiary/aromatic N) is 2. The molecule has 1 N–H and O–H groups in total. The van der Waals surface area contributed by atoms with Crippen molar-refractivity contribution >= 4 is 17.8 Å². The first-order chi connectivity index (χ1) is 15.2. The van der Waals surface area contributed by atoms with E-state index < -0.39 is 17.5 Å². The zero-order valence-corrected chi connectivity index (χ0v) is 18.8. The lowest BCUT2D eigenvalue weighted by atomic mass is 9.92. The van der Waals surface area contributed by atoms with Crippen LogP contribution in [-0.2, 0) is 21.7 Å². The second-order valence-electron chi connectivity index (χ2n) is 8.11. The number of carbonyl (C=O) groups excluding carboxylic acids is 3. The van der Waals surface area contributed by atoms with Gasteiger partial charge in [0.15, 0.2) is 0 Å². The molecule has 0 saturated carbocycles. The third-order valence-corrected chi connectivity index (χ3v) is 5.44. The summed E-state index contributed by atoms with van der Waals surface area (Å²) in [6, 6.07) is 16.0. The molecule has 7 heteroatoms. The fourth-order valence-corrected chi connectivity index (χ4v) is 3.54. The summed E-state index contributed by atoms with van der Waals surface area (Å²) in [7, 11) is 0. The fraction of sp³-hybridized carbons (Fsp3) is 0.320. The third kappa shape index (κ3) is 4.99. The van der Waals surface area contributed by atoms with E-state index in [9.17, 15) is 14.4 Å². The average molecular weight is 436 g/mol. The number of urea groups is 1. The van der Waals surface area contributed by atoms with Crippen LogP contribution < -0.4 is 10.1 Å². The van der Waals surface area contributed by atoms with Gasteiger partial charge in [-0.3, -0.25) is 14.5 Å². The van der Waals surface area contributed by atoms with E-state index >= 15 is 0 Å². The van der Waals surface area contributed by atoms with Crippen molar-refractivity contribution in [3.63, 3.8) is 0 Å². The van der Waals surface area contributed by atoms with Gasteiger partial charge in [0.25, 0.3) is 5.91 Å². The summed E-state index contributed by atoms with van der Waals surface area (Å²) in [5.74, 6) is -0.0986. The number of likely N-dealkylation sites (N-methyl/N-ethyl adjacent to an activating group) is 1. The third-order valence-electron chi connectivity index (χ3n) is 5.44. The number of amides is 4. The van der Waals surface area contributed by atoms with Gasteiger partial charge in [0.05, 0.1) is 0 Å². The molecule has 0 spiro atoms. The van der Waals surface area contributed by atoms with Crippen molar-refractivity contribution in [1.29, 1.82) is 0 Å². The summed E-state index contributed by atoms with van der Waals surface area (Å²) < 4.78 is 5.59. The molecule has 168 valence electrons. The van der Waals surface area contributed by atoms with Gasteiger partial charge in [-0.15, -0.1) is 0 Å². The summed E-state index contributed by atoms with van der Waals surface area (Å²) in [5.41, 5.74) is 1.25. The second kappa shape index (κ2) is 9.68. The van der Waals surface area contributed by atoms with Crippen LogP contribution in [0.2, 0.25) is 0 Å². The van der Waals surface area contributed by atoms with E-state index in [1.807, 2.05) is 44.2 Å². The highest BCUT2D eigenvalue weighted by Crippen LogP contribution is 2.30. The predicted octanol–water partition coefficient (Wildman–Crippen LogP) is 3.46. The van der Waals surface area contributed by atoms with E-state index in [1.54, 1.807) is 36.1 Å². The number of hydrogen-bond donors (Lipinski definition) is 1. The number of ether oxygens (including phenoxy) is 1. The molecule has 3 rings (SSSR count). The zero-order chi connectivity index (χ0) is 23.3. The van der Waals surface area contributed by atoms with Gasteiger partial charge in [-0.25, -0.2) is 4.79 Å². The summed E-state index contributed by atoms with van der Waals surface area (Å²) in [5, 5.41) is 2.74. The Hall–Kier alpha value is -3.61. The van der Waals surface area contributed by atoms with Gasteiger partial charge < -0.3 is 15.0 Å². The molecule has 0 aliphatic carbocycles. The molecule has 0 bridgehead atoms. The van der Waals surface area contributed by atoms with Crippen LogP contribution in [0.1, 0.15) is 31.9 Å². The van der Waals surface area contributed by atoms with Gasteiger partial charge in [-0.1, -0.05) is 49.0 Å². The lowest BCUT2D eigenvalue weighted by Gasteiger charge is -2.25. The summed E-state index contributed by atoms with van der Waals surface area (Å²) in [6.45, 7) is 10.2. The Labute approximate surface area is 188 Å². The van der Waals surface area contributed by atoms with Crippen molar-refractivity contribution in [2.45, 2.75) is 32.9 Å². The van der Waals surface area contributed by atoms with Gasteiger partial charge in [-0.2, -0.15) is 0 Å². The Bertz CT molecular complexity index is 1000. The molecule has 0 radical (unpaired) electrons. The topological polar surface area (TPSA) is 79.0 Å². The number of benzene rings is 2. The van der Waals surface area contributed by atoms with Crippen LogP contribution in [0.25, 0.3) is 0 Å². The van der Waals surface area contributed by atoms with E-state index in [0.29, 0.717) is 31.0 Å². The molecule has 1 saturated heterocycles. The minimum atomic E-state index is -1.25. The van der Waals surface area contributed by atoms with Crippen molar-refractivity contribution < 1.29 is 19.1 Å². The van der Waals surface area contributed by atoms with Crippen LogP contribution in [-0.4, -0.2) is 47.3 Å². The normalized spacial score (nSPS) is 17.8. The first-order valence-electron chi connectivity index (χ1n) is 10.6. The van der Waals surface area contributed by atoms with Gasteiger partial charge in [0.1, 0.15) is 24.4 Å². The molecule has 1 atom stereocenters. The highest BCUT2D eigenvalue weighted by Gasteiger charge is 2.49. The smallest absolute Gasteiger partial charge is 0.325 e. The molecule has 32 heavy (non-hydrogen) atoms. The van der Waals surface area contributed by atoms with Crippen LogP contribution in [0.5, 0.6) is 5.75 Å². The number of imide groups is 1. The van der Waals surface area contributed by atoms with Gasteiger partial charge in [-0.05, 0) is 49.6 Å². The van der Waals surface area contributed by atoms with E-state index in [1.165, 1.54) is 0 Å². The Morgan fingerprint density at radius 1 is 1.12 bits per heavy atom. The maximum Gasteiger partial charge on any atom is 0.325 e. The van der Waals surface area contributed by atoms with Gasteiger partial charge in [0, 0.05) is 13.1 Å². The highest BCUT2D eigenvalue weighted by molar-refractivity contribution is 6.09. The summed E-state index contributed by atoms with van der Waals surface area (Å²) >= 11 is 0. The predicted molar refractivity (Wildman–Crippen MR) is 122 cm³/mol. The lowest BCUT2D eigenvalue weighted by molar-refractivity contribution is -0.139. The van der Waals surface area contributed by atoms with Crippen LogP contribution in [0.4, 0.5) is 4.79 Å². The van der Waals surface area contributed by atoms with Crippen molar-refractivity contribution in [2.75, 3.05) is 19.7 Å². The minimum absolute atomic E-state index is 0.285. The Morgan fingerprint density at radius 2 is 1.78 bits per heavy atom. The van der Waals surface area contributed by atoms with E-state index in [-0.39, 0.29) is 12.5 Å². The van der Waals surface area contributed by atoms with Crippen molar-refractivity contribution in [2.24, 2.45) is 0 Å². The first kappa shape index (κ1) is 23.1. The van der Waals surface area contributed by atoms with Gasteiger partial charge >= 0.3 is 6.03 Å². The first-order valence-corrected chi connectivity index (χ1v) is 10.6. The van der Waals surface area contributed by atoms with Crippen LogP contribution in [0.3, 0.4) is 0 Å². The maximum atomic E-state index is 13.2. The molecule has 1 heterocycles. The quantitative estimate of drug-likeness (QED) is 0.483. The molecule has 2 aromatic carbocycles. The molecule has 0 aromatic heterocycles. The molecule has 1 unspecified atom stereocenters. The maximum absolute atomic E-state index is 13.2. The van der Waals surface area contributed by atoms with E-state index in [4.69, 9.17) is 4.74 Å². The molecule has 1 aliphatic rings. The second-order valence-corrected chi connectivity index (χ2v) is 8.11. The monoisotopic (exact) mass is 435 g/mol. The summed E-state index contributed by atoms with van der Waals surface area (Å²) in [6.07, 6.45) is 0. The Morgan fingerprint density at radius 3 is 2.38 bits per heavy atom. The largest absolute Gasteiger partial charge is 0.489 e. The Kier molecular flexibility index (Phi) is 6.98. The standard InChI is InChI=1S/C25H29N3O4/c1-5-27(15-19-9-7-6-8-10-19)22(29)16-28-23(30)25(4,26-24(28)31)20-11-13-21(14-12-20)32-17-18(2)3/h6-14H,2,5,15-17H2,1,3-4H3,(H,26,31). The van der Waals surface area contributed by atoms with Gasteiger partial charge in [0.2, 0.25) is 5.91 Å². The van der Waals surface area contributed by atoms with Crippen LogP contribution >= 0.6 is 0 Å². The SMILES string of the molecule is C=C(C)COc1ccc(C2(C)NC(=O)N(CC(=O)N(CC)Cc3ccccc3)C2=O)cc1. The van der Waals surface area contributed by atoms with E-state index in [2.05, 4.69) is 11.9 Å². The number of nitrogens with one attached hydrogen (secondary N) is 1. The zero-order valence-electron chi connectivity index (χ0n) is 18.8. The molecule has 7 nitrogen and oxygen atoms in total. The fourth-order valence-electron chi connectivity index (χ4n) is 3.54. The van der Waals surface area contributed by atoms with Crippen molar-refractivity contribution in [3.05, 3.63) is 77.9 Å². The molecule has 4 amide bonds. The number of carbonyl (C=O) groups is 3. The molecule has 2 aromatic rings. The van der Waals surface area contributed by atoms with Crippen molar-refractivity contribution in [1.82, 2.24) is 15.1 Å². The summed E-state index contributed by atoms with van der Waals surface area (Å²) in [4.78, 5) is 41.3. The Balaban J connectivity index is 1.70. The highest BCUT2D eigenvalue weighted by atomic mass is 16.5. The lowest BCUT2D eigenvalue weighted by Crippen LogP contribution is -2.44. The molecular formula is C25H29N3O4. The molecule has 1 aliphatic heterocycles. The number of hydrogen-bond acceptors (Lipinski definition) is 4. The minimum Gasteiger partial charge on any atom is -0.489 e. The van der Waals surface area contributed by atoms with Crippen molar-refractivity contribution in [3.8, 4) is 5.75 Å². The number of rotatable bonds is 9. The molecular weight excluding hydrogens is 406 g/mol. The van der Waals surface area contributed by atoms with E-state index in [0.717, 1.165) is 16.0 Å². The van der Waals surface area contributed by atoms with Crippen LogP contribution in [0, 0.1) is 0 Å². The molecule has 1 fully saturated rings.